The molecule has 1 saturated heterocycles. The van der Waals surface area contributed by atoms with Gasteiger partial charge < -0.3 is 9.80 Å². The zero-order valence-electron chi connectivity index (χ0n) is 14.7. The highest BCUT2D eigenvalue weighted by molar-refractivity contribution is 7.09. The summed E-state index contributed by atoms with van der Waals surface area (Å²) >= 11 is 1.45. The van der Waals surface area contributed by atoms with E-state index in [0.29, 0.717) is 5.69 Å². The van der Waals surface area contributed by atoms with Gasteiger partial charge in [0, 0.05) is 44.1 Å². The van der Waals surface area contributed by atoms with E-state index in [2.05, 4.69) is 45.4 Å². The first-order valence-corrected chi connectivity index (χ1v) is 9.59. The molecule has 0 radical (unpaired) electrons. The number of aryl methyl sites for hydroxylation is 1. The van der Waals surface area contributed by atoms with Gasteiger partial charge in [-0.1, -0.05) is 42.0 Å². The molecule has 26 heavy (non-hydrogen) atoms. The topological polar surface area (TPSA) is 32.3 Å². The molecule has 3 aromatic rings. The minimum Gasteiger partial charge on any atom is -0.366 e. The van der Waals surface area contributed by atoms with Crippen LogP contribution in [-0.2, 0) is 6.42 Å². The Morgan fingerprint density at radius 3 is 2.38 bits per heavy atom. The van der Waals surface area contributed by atoms with E-state index >= 15 is 0 Å². The fraction of sp³-hybridized carbons (Fsp3) is 0.300. The van der Waals surface area contributed by atoms with Crippen LogP contribution in [0.5, 0.6) is 0 Å². The molecule has 4 rings (SSSR count). The highest BCUT2D eigenvalue weighted by atomic mass is 32.1. The standard InChI is InChI=1S/C20H21FN4S/c1-15-6-8-16(9-7-15)14-19-22-20(26-23-19)25-12-10-24(11-13-25)18-5-3-2-4-17(18)21/h2-9H,10-14H2,1H3. The van der Waals surface area contributed by atoms with Crippen molar-refractivity contribution in [2.45, 2.75) is 13.3 Å². The Bertz CT molecular complexity index is 870. The summed E-state index contributed by atoms with van der Waals surface area (Å²) < 4.78 is 18.5. The number of piperazine rings is 1. The molecule has 0 atom stereocenters. The Morgan fingerprint density at radius 2 is 1.65 bits per heavy atom. The summed E-state index contributed by atoms with van der Waals surface area (Å²) in [5.74, 6) is 0.711. The van der Waals surface area contributed by atoms with Crippen molar-refractivity contribution in [3.05, 3.63) is 71.3 Å². The van der Waals surface area contributed by atoms with E-state index in [1.54, 1.807) is 6.07 Å². The van der Waals surface area contributed by atoms with Crippen molar-refractivity contribution in [2.75, 3.05) is 36.0 Å². The van der Waals surface area contributed by atoms with Crippen molar-refractivity contribution in [1.29, 1.82) is 0 Å². The molecule has 0 spiro atoms. The molecule has 6 heteroatoms. The second-order valence-electron chi connectivity index (χ2n) is 6.58. The van der Waals surface area contributed by atoms with Gasteiger partial charge in [-0.15, -0.1) is 0 Å². The molecule has 134 valence electrons. The van der Waals surface area contributed by atoms with E-state index in [0.717, 1.165) is 43.6 Å². The van der Waals surface area contributed by atoms with Crippen LogP contribution in [0.4, 0.5) is 15.2 Å². The molecular formula is C20H21FN4S. The van der Waals surface area contributed by atoms with Crippen LogP contribution < -0.4 is 9.80 Å². The van der Waals surface area contributed by atoms with Gasteiger partial charge in [0.25, 0.3) is 0 Å². The molecule has 1 aliphatic heterocycles. The maximum absolute atomic E-state index is 14.0. The largest absolute Gasteiger partial charge is 0.366 e. The van der Waals surface area contributed by atoms with Crippen molar-refractivity contribution >= 4 is 22.4 Å². The number of hydrogen-bond donors (Lipinski definition) is 0. The van der Waals surface area contributed by atoms with Gasteiger partial charge in [0.15, 0.2) is 0 Å². The van der Waals surface area contributed by atoms with Crippen molar-refractivity contribution in [2.24, 2.45) is 0 Å². The fourth-order valence-corrected chi connectivity index (χ4v) is 3.92. The van der Waals surface area contributed by atoms with Gasteiger partial charge >= 0.3 is 0 Å². The monoisotopic (exact) mass is 368 g/mol. The Labute approximate surface area is 157 Å². The van der Waals surface area contributed by atoms with Crippen LogP contribution >= 0.6 is 11.5 Å². The van der Waals surface area contributed by atoms with Crippen LogP contribution in [0.3, 0.4) is 0 Å². The predicted molar refractivity (Wildman–Crippen MR) is 105 cm³/mol. The first-order chi connectivity index (χ1) is 12.7. The number of para-hydroxylation sites is 1. The highest BCUT2D eigenvalue weighted by Gasteiger charge is 2.21. The zero-order valence-corrected chi connectivity index (χ0v) is 15.5. The third-order valence-electron chi connectivity index (χ3n) is 4.68. The van der Waals surface area contributed by atoms with Gasteiger partial charge in [0.1, 0.15) is 11.6 Å². The zero-order chi connectivity index (χ0) is 17.9. The number of halogens is 1. The Hall–Kier alpha value is -2.47. The first kappa shape index (κ1) is 17.0. The van der Waals surface area contributed by atoms with Gasteiger partial charge in [-0.2, -0.15) is 4.37 Å². The van der Waals surface area contributed by atoms with Gasteiger partial charge in [-0.05, 0) is 24.6 Å². The number of aromatic nitrogens is 2. The van der Waals surface area contributed by atoms with Crippen molar-refractivity contribution in [3.63, 3.8) is 0 Å². The van der Waals surface area contributed by atoms with E-state index in [1.807, 2.05) is 12.1 Å². The van der Waals surface area contributed by atoms with Crippen LogP contribution in [0, 0.1) is 12.7 Å². The molecule has 2 heterocycles. The van der Waals surface area contributed by atoms with Crippen LogP contribution in [0.25, 0.3) is 0 Å². The molecule has 0 bridgehead atoms. The van der Waals surface area contributed by atoms with Gasteiger partial charge in [-0.3, -0.25) is 0 Å². The minimum atomic E-state index is -0.155. The Kier molecular flexibility index (Phi) is 4.84. The van der Waals surface area contributed by atoms with Gasteiger partial charge in [0.2, 0.25) is 5.13 Å². The van der Waals surface area contributed by atoms with E-state index in [1.165, 1.54) is 28.7 Å². The Balaban J connectivity index is 1.38. The van der Waals surface area contributed by atoms with Crippen LogP contribution in [0.1, 0.15) is 17.0 Å². The molecular weight excluding hydrogens is 347 g/mol. The molecule has 0 saturated carbocycles. The van der Waals surface area contributed by atoms with Crippen molar-refractivity contribution < 1.29 is 4.39 Å². The van der Waals surface area contributed by atoms with E-state index in [4.69, 9.17) is 4.98 Å². The van der Waals surface area contributed by atoms with E-state index in [9.17, 15) is 4.39 Å². The molecule has 0 aliphatic carbocycles. The lowest BCUT2D eigenvalue weighted by Gasteiger charge is -2.35. The third kappa shape index (κ3) is 3.70. The number of anilines is 2. The summed E-state index contributed by atoms with van der Waals surface area (Å²) in [6.45, 7) is 5.31. The number of hydrogen-bond acceptors (Lipinski definition) is 5. The lowest BCUT2D eigenvalue weighted by molar-refractivity contribution is 0.597. The Morgan fingerprint density at radius 1 is 0.962 bits per heavy atom. The number of rotatable bonds is 4. The average Bonchev–Trinajstić information content (AvgIpc) is 3.13. The predicted octanol–water partition coefficient (Wildman–Crippen LogP) is 3.90. The molecule has 2 aromatic carbocycles. The number of nitrogens with zero attached hydrogens (tertiary/aromatic N) is 4. The van der Waals surface area contributed by atoms with E-state index < -0.39 is 0 Å². The maximum Gasteiger partial charge on any atom is 0.205 e. The maximum atomic E-state index is 14.0. The highest BCUT2D eigenvalue weighted by Crippen LogP contribution is 2.24. The molecule has 1 aliphatic rings. The van der Waals surface area contributed by atoms with Gasteiger partial charge in [-0.25, -0.2) is 9.37 Å². The van der Waals surface area contributed by atoms with Crippen molar-refractivity contribution in [1.82, 2.24) is 9.36 Å². The lowest BCUT2D eigenvalue weighted by atomic mass is 10.1. The summed E-state index contributed by atoms with van der Waals surface area (Å²) in [7, 11) is 0. The van der Waals surface area contributed by atoms with Crippen LogP contribution in [0.15, 0.2) is 48.5 Å². The molecule has 0 amide bonds. The molecule has 4 nitrogen and oxygen atoms in total. The second-order valence-corrected chi connectivity index (χ2v) is 7.31. The second kappa shape index (κ2) is 7.41. The summed E-state index contributed by atoms with van der Waals surface area (Å²) in [5.41, 5.74) is 3.17. The third-order valence-corrected chi connectivity index (χ3v) is 5.50. The lowest BCUT2D eigenvalue weighted by Crippen LogP contribution is -2.46. The summed E-state index contributed by atoms with van der Waals surface area (Å²) in [6, 6.07) is 15.5. The van der Waals surface area contributed by atoms with Crippen LogP contribution in [0.2, 0.25) is 0 Å². The average molecular weight is 368 g/mol. The van der Waals surface area contributed by atoms with Gasteiger partial charge in [0.05, 0.1) is 5.69 Å². The smallest absolute Gasteiger partial charge is 0.205 e. The van der Waals surface area contributed by atoms with Crippen molar-refractivity contribution in [3.8, 4) is 0 Å². The summed E-state index contributed by atoms with van der Waals surface area (Å²) in [6.07, 6.45) is 0.756. The fourth-order valence-electron chi connectivity index (χ4n) is 3.18. The summed E-state index contributed by atoms with van der Waals surface area (Å²) in [4.78, 5) is 9.05. The SMILES string of the molecule is Cc1ccc(Cc2nsc(N3CCN(c4ccccc4F)CC3)n2)cc1. The normalized spacial score (nSPS) is 14.7. The quantitative estimate of drug-likeness (QED) is 0.699. The first-order valence-electron chi connectivity index (χ1n) is 8.81. The molecule has 1 aromatic heterocycles. The van der Waals surface area contributed by atoms with E-state index in [-0.39, 0.29) is 5.82 Å². The molecule has 0 unspecified atom stereocenters. The number of benzene rings is 2. The minimum absolute atomic E-state index is 0.155. The van der Waals surface area contributed by atoms with Crippen LogP contribution in [-0.4, -0.2) is 35.5 Å². The summed E-state index contributed by atoms with van der Waals surface area (Å²) in [5, 5.41) is 0.959. The molecule has 0 N–H and O–H groups in total. The molecule has 1 fully saturated rings.